The van der Waals surface area contributed by atoms with Crippen molar-refractivity contribution in [3.63, 3.8) is 0 Å². The standard InChI is InChI=1S/C53H62N4O9/c1-8-33-25-34-28-52(49(60)64-7,44-38(19-23-56(29-33)30-34)37-13-10-11-14-41(37)54-44)40-26-39-42(27-43(40)63-6)55(4)47-51(39)21-24-57-22-12-20-50(9-2,46(51)57)48(66-32(3)58)53(47,61)31-65-45(59)35-15-17-36(62-5)18-16-35/h10-18,20,25-27,34,46-48,54,61H,8-9,19,21-24,28-31H2,1-7H3/t34-,46?,47+,48+,50+,51+,52-,53?/m0/s1. The van der Waals surface area contributed by atoms with Gasteiger partial charge in [0.05, 0.1) is 32.9 Å². The van der Waals surface area contributed by atoms with Crippen LogP contribution in [0.1, 0.15) is 79.2 Å². The summed E-state index contributed by atoms with van der Waals surface area (Å²) in [5.74, 6) is -0.422. The zero-order valence-corrected chi connectivity index (χ0v) is 39.1. The predicted molar refractivity (Wildman–Crippen MR) is 250 cm³/mol. The first-order valence-electron chi connectivity index (χ1n) is 23.5. The number of fused-ring (bicyclic) bond motifs is 6. The number of aromatic nitrogens is 1. The van der Waals surface area contributed by atoms with E-state index in [4.69, 9.17) is 23.7 Å². The molecule has 0 radical (unpaired) electrons. The van der Waals surface area contributed by atoms with E-state index in [1.54, 1.807) is 38.5 Å². The number of methoxy groups -OCH3 is 3. The van der Waals surface area contributed by atoms with E-state index in [1.807, 2.05) is 19.2 Å². The molecule has 4 aromatic rings. The molecule has 2 bridgehead atoms. The largest absolute Gasteiger partial charge is 0.497 e. The maximum absolute atomic E-state index is 15.5. The molecular weight excluding hydrogens is 837 g/mol. The molecule has 1 saturated carbocycles. The summed E-state index contributed by atoms with van der Waals surface area (Å²) >= 11 is 0. The van der Waals surface area contributed by atoms with E-state index in [0.717, 1.165) is 65.9 Å². The number of para-hydroxylation sites is 1. The monoisotopic (exact) mass is 898 g/mol. The van der Waals surface area contributed by atoms with Gasteiger partial charge in [-0.25, -0.2) is 4.79 Å². The number of hydrogen-bond donors (Lipinski definition) is 2. The second-order valence-corrected chi connectivity index (χ2v) is 19.5. The third-order valence-electron chi connectivity index (χ3n) is 16.4. The summed E-state index contributed by atoms with van der Waals surface area (Å²) in [6.07, 6.45) is 8.77. The lowest BCUT2D eigenvalue weighted by Gasteiger charge is -2.64. The summed E-state index contributed by atoms with van der Waals surface area (Å²) < 4.78 is 30.4. The topological polar surface area (TPSA) is 143 Å². The van der Waals surface area contributed by atoms with Crippen LogP contribution in [0.3, 0.4) is 0 Å². The molecule has 6 heterocycles. The van der Waals surface area contributed by atoms with E-state index in [1.165, 1.54) is 19.6 Å². The van der Waals surface area contributed by atoms with E-state index in [9.17, 15) is 14.7 Å². The van der Waals surface area contributed by atoms with Crippen LogP contribution in [0.2, 0.25) is 0 Å². The summed E-state index contributed by atoms with van der Waals surface area (Å²) in [5.41, 5.74) is 1.96. The Labute approximate surface area is 386 Å². The molecule has 2 N–H and O–H groups in total. The van der Waals surface area contributed by atoms with Crippen LogP contribution in [0.15, 0.2) is 84.5 Å². The molecule has 9 atom stereocenters. The average Bonchev–Trinajstić information content (AvgIpc) is 4.00. The number of nitrogens with one attached hydrogen (secondary N) is 1. The lowest BCUT2D eigenvalue weighted by atomic mass is 9.47. The highest BCUT2D eigenvalue weighted by atomic mass is 16.6. The minimum absolute atomic E-state index is 0.0135. The number of esters is 3. The molecule has 1 aromatic heterocycles. The van der Waals surface area contributed by atoms with Crippen LogP contribution < -0.4 is 14.4 Å². The number of anilines is 1. The molecule has 0 amide bonds. The Morgan fingerprint density at radius 3 is 2.45 bits per heavy atom. The number of benzene rings is 3. The van der Waals surface area contributed by atoms with Gasteiger partial charge in [0, 0.05) is 90.9 Å². The molecule has 1 aliphatic carbocycles. The molecule has 2 fully saturated rings. The second-order valence-electron chi connectivity index (χ2n) is 19.5. The van der Waals surface area contributed by atoms with Crippen LogP contribution in [-0.4, -0.2) is 129 Å². The Morgan fingerprint density at radius 2 is 1.74 bits per heavy atom. The molecular formula is C53H62N4O9. The third-order valence-corrected chi connectivity index (χ3v) is 16.4. The molecule has 13 nitrogen and oxygen atoms in total. The van der Waals surface area contributed by atoms with Gasteiger partial charge in [0.2, 0.25) is 0 Å². The van der Waals surface area contributed by atoms with E-state index in [0.29, 0.717) is 55.0 Å². The van der Waals surface area contributed by atoms with Crippen LogP contribution in [0.25, 0.3) is 10.9 Å². The second kappa shape index (κ2) is 16.3. The highest BCUT2D eigenvalue weighted by molar-refractivity contribution is 5.94. The smallest absolute Gasteiger partial charge is 0.338 e. The van der Waals surface area contributed by atoms with E-state index < -0.39 is 52.5 Å². The molecule has 348 valence electrons. The van der Waals surface area contributed by atoms with Gasteiger partial charge in [-0.05, 0) is 92.1 Å². The molecule has 10 rings (SSSR count). The van der Waals surface area contributed by atoms with Crippen molar-refractivity contribution in [2.45, 2.75) is 87.5 Å². The number of rotatable bonds is 10. The number of aliphatic hydroxyl groups is 1. The van der Waals surface area contributed by atoms with E-state index in [-0.39, 0.29) is 17.9 Å². The summed E-state index contributed by atoms with van der Waals surface area (Å²) in [4.78, 5) is 53.6. The van der Waals surface area contributed by atoms with Gasteiger partial charge in [-0.3, -0.25) is 19.4 Å². The van der Waals surface area contributed by atoms with Crippen molar-refractivity contribution in [2.24, 2.45) is 11.3 Å². The summed E-state index contributed by atoms with van der Waals surface area (Å²) in [6.45, 7) is 9.10. The lowest BCUT2D eigenvalue weighted by molar-refractivity contribution is -0.228. The van der Waals surface area contributed by atoms with Gasteiger partial charge in [-0.2, -0.15) is 0 Å². The molecule has 3 unspecified atom stereocenters. The molecule has 13 heteroatoms. The Morgan fingerprint density at radius 1 is 0.955 bits per heavy atom. The summed E-state index contributed by atoms with van der Waals surface area (Å²) in [7, 11) is 6.64. The van der Waals surface area contributed by atoms with Crippen LogP contribution in [-0.2, 0) is 41.1 Å². The van der Waals surface area contributed by atoms with Crippen molar-refractivity contribution in [2.75, 3.05) is 72.6 Å². The first kappa shape index (κ1) is 44.2. The van der Waals surface area contributed by atoms with Crippen molar-refractivity contribution >= 4 is 34.5 Å². The molecule has 6 aliphatic rings. The normalized spacial score (nSPS) is 31.8. The van der Waals surface area contributed by atoms with Crippen LogP contribution in [0, 0.1) is 11.3 Å². The molecule has 1 spiro atoms. The van der Waals surface area contributed by atoms with Crippen LogP contribution in [0.5, 0.6) is 11.5 Å². The first-order chi connectivity index (χ1) is 31.8. The van der Waals surface area contributed by atoms with Gasteiger partial charge >= 0.3 is 17.9 Å². The van der Waals surface area contributed by atoms with Gasteiger partial charge in [0.25, 0.3) is 0 Å². The minimum Gasteiger partial charge on any atom is -0.497 e. The van der Waals surface area contributed by atoms with E-state index >= 15 is 4.79 Å². The van der Waals surface area contributed by atoms with Crippen molar-refractivity contribution in [1.29, 1.82) is 0 Å². The average molecular weight is 899 g/mol. The predicted octanol–water partition coefficient (Wildman–Crippen LogP) is 6.49. The van der Waals surface area contributed by atoms with Crippen molar-refractivity contribution in [1.82, 2.24) is 14.8 Å². The number of H-pyrrole nitrogens is 1. The van der Waals surface area contributed by atoms with Crippen molar-refractivity contribution in [3.05, 3.63) is 112 Å². The summed E-state index contributed by atoms with van der Waals surface area (Å²) in [6, 6.07) is 18.1. The zero-order chi connectivity index (χ0) is 46.3. The van der Waals surface area contributed by atoms with Crippen LogP contribution >= 0.6 is 0 Å². The Balaban J connectivity index is 1.22. The quantitative estimate of drug-likeness (QED) is 0.102. The molecule has 66 heavy (non-hydrogen) atoms. The number of ether oxygens (including phenoxy) is 5. The summed E-state index contributed by atoms with van der Waals surface area (Å²) in [5, 5.41) is 15.0. The fourth-order valence-corrected chi connectivity index (χ4v) is 14.0. The SMILES string of the molecule is CCC1=C[C@@H]2CN(CCc3c([nH]c4ccccc34)[C@@](C(=O)OC)(c3cc4c(cc3OC)N(C)[C@H]3C(O)(COC(=O)c5ccc(OC)cc5)[C@H](OC(C)=O)[C@]5(CC)C=CCN6CC[C@]43C65)C2)C1. The number of likely N-dealkylation sites (N-methyl/N-ethyl adjacent to an activating group) is 1. The Hall–Kier alpha value is -5.63. The van der Waals surface area contributed by atoms with E-state index in [2.05, 4.69) is 76.0 Å². The lowest BCUT2D eigenvalue weighted by Crippen LogP contribution is -2.80. The highest BCUT2D eigenvalue weighted by Crippen LogP contribution is 2.68. The highest BCUT2D eigenvalue weighted by Gasteiger charge is 2.78. The van der Waals surface area contributed by atoms with Gasteiger partial charge in [0.15, 0.2) is 5.60 Å². The minimum atomic E-state index is -1.94. The maximum atomic E-state index is 15.5. The van der Waals surface area contributed by atoms with Crippen LogP contribution in [0.4, 0.5) is 5.69 Å². The Kier molecular flexibility index (Phi) is 10.9. The van der Waals surface area contributed by atoms with Gasteiger partial charge in [-0.1, -0.05) is 55.8 Å². The fraction of sp³-hybridized carbons (Fsp3) is 0.491. The fourth-order valence-electron chi connectivity index (χ4n) is 14.0. The van der Waals surface area contributed by atoms with Gasteiger partial charge in [0.1, 0.15) is 29.6 Å². The maximum Gasteiger partial charge on any atom is 0.338 e. The van der Waals surface area contributed by atoms with Crippen molar-refractivity contribution < 1.29 is 43.2 Å². The van der Waals surface area contributed by atoms with Crippen molar-refractivity contribution in [3.8, 4) is 11.5 Å². The number of carbonyl (C=O) groups excluding carboxylic acids is 3. The number of carbonyl (C=O) groups is 3. The molecule has 1 saturated heterocycles. The number of hydrogen-bond acceptors (Lipinski definition) is 12. The first-order valence-corrected chi connectivity index (χ1v) is 23.5. The van der Waals surface area contributed by atoms with Gasteiger partial charge < -0.3 is 38.7 Å². The number of aromatic amines is 1. The third kappa shape index (κ3) is 6.25. The molecule has 3 aromatic carbocycles. The Bertz CT molecular complexity index is 2660. The zero-order valence-electron chi connectivity index (χ0n) is 39.1. The molecule has 5 aliphatic heterocycles. The number of nitrogens with zero attached hydrogens (tertiary/aromatic N) is 3. The van der Waals surface area contributed by atoms with Gasteiger partial charge in [-0.15, -0.1) is 0 Å².